The van der Waals surface area contributed by atoms with Crippen LogP contribution < -0.4 is 10.1 Å². The summed E-state index contributed by atoms with van der Waals surface area (Å²) in [7, 11) is 0. The lowest BCUT2D eigenvalue weighted by molar-refractivity contribution is -0.117. The van der Waals surface area contributed by atoms with Gasteiger partial charge in [0.15, 0.2) is 5.00 Å². The Morgan fingerprint density at radius 1 is 0.667 bits per heavy atom. The number of hydrogen-bond donors (Lipinski definition) is 1. The average molecular weight is 784 g/mol. The summed E-state index contributed by atoms with van der Waals surface area (Å²) in [5, 5.41) is 13.4. The Bertz CT molecular complexity index is 1370. The Labute approximate surface area is 334 Å². The SMILES string of the molecule is CCCCCCCCCCCCCCCC(CC(=O)Nc1snnc1C(=O)OCC)C(CCCCCCCC)CCCOc1ccc(-c2csnn2)cc1. The normalized spacial score (nSPS) is 12.4. The molecule has 11 heteroatoms. The van der Waals surface area contributed by atoms with E-state index in [9.17, 15) is 9.59 Å². The molecule has 2 unspecified atom stereocenters. The van der Waals surface area contributed by atoms with Crippen LogP contribution in [0.3, 0.4) is 0 Å². The number of amides is 1. The molecule has 1 aromatic carbocycles. The Kier molecular flexibility index (Phi) is 24.7. The van der Waals surface area contributed by atoms with Gasteiger partial charge in [0.2, 0.25) is 11.6 Å². The smallest absolute Gasteiger partial charge is 0.362 e. The Morgan fingerprint density at radius 2 is 1.22 bits per heavy atom. The van der Waals surface area contributed by atoms with Crippen LogP contribution in [0, 0.1) is 11.8 Å². The molecule has 0 aliphatic carbocycles. The van der Waals surface area contributed by atoms with E-state index < -0.39 is 5.97 Å². The highest BCUT2D eigenvalue weighted by Crippen LogP contribution is 2.33. The fraction of sp³-hybridized carbons (Fsp3) is 0.721. The van der Waals surface area contributed by atoms with E-state index in [0.717, 1.165) is 60.6 Å². The van der Waals surface area contributed by atoms with Crippen molar-refractivity contribution < 1.29 is 19.1 Å². The van der Waals surface area contributed by atoms with Crippen LogP contribution in [-0.2, 0) is 9.53 Å². The maximum absolute atomic E-state index is 13.6. The molecule has 0 radical (unpaired) electrons. The lowest BCUT2D eigenvalue weighted by Gasteiger charge is -2.27. The van der Waals surface area contributed by atoms with Crippen molar-refractivity contribution in [3.05, 3.63) is 35.3 Å². The molecule has 9 nitrogen and oxygen atoms in total. The van der Waals surface area contributed by atoms with Crippen LogP contribution in [-0.4, -0.2) is 44.3 Å². The van der Waals surface area contributed by atoms with Gasteiger partial charge in [-0.15, -0.1) is 10.2 Å². The number of carbonyl (C=O) groups is 2. The molecule has 0 bridgehead atoms. The van der Waals surface area contributed by atoms with Crippen molar-refractivity contribution in [2.75, 3.05) is 18.5 Å². The first-order valence-electron chi connectivity index (χ1n) is 21.3. The lowest BCUT2D eigenvalue weighted by Crippen LogP contribution is -2.24. The maximum Gasteiger partial charge on any atom is 0.362 e. The Balaban J connectivity index is 1.57. The molecule has 3 aromatic rings. The molecule has 3 rings (SSSR count). The summed E-state index contributed by atoms with van der Waals surface area (Å²) in [4.78, 5) is 26.1. The van der Waals surface area contributed by atoms with Crippen molar-refractivity contribution in [1.82, 2.24) is 19.2 Å². The van der Waals surface area contributed by atoms with Crippen LogP contribution >= 0.6 is 23.1 Å². The molecule has 0 saturated carbocycles. The van der Waals surface area contributed by atoms with Gasteiger partial charge in [0.25, 0.3) is 0 Å². The highest BCUT2D eigenvalue weighted by Gasteiger charge is 2.26. The van der Waals surface area contributed by atoms with E-state index in [1.165, 1.54) is 127 Å². The molecule has 0 aliphatic rings. The minimum atomic E-state index is -0.555. The van der Waals surface area contributed by atoms with Gasteiger partial charge in [-0.25, -0.2) is 4.79 Å². The molecule has 302 valence electrons. The van der Waals surface area contributed by atoms with Crippen molar-refractivity contribution in [2.24, 2.45) is 11.8 Å². The monoisotopic (exact) mass is 783 g/mol. The largest absolute Gasteiger partial charge is 0.494 e. The lowest BCUT2D eigenvalue weighted by atomic mass is 9.79. The second-order valence-corrected chi connectivity index (χ2v) is 16.2. The second kappa shape index (κ2) is 29.4. The van der Waals surface area contributed by atoms with Crippen molar-refractivity contribution in [3.8, 4) is 17.0 Å². The third-order valence-corrected chi connectivity index (χ3v) is 11.6. The summed E-state index contributed by atoms with van der Waals surface area (Å²) >= 11 is 2.38. The summed E-state index contributed by atoms with van der Waals surface area (Å²) < 4.78 is 19.2. The predicted octanol–water partition coefficient (Wildman–Crippen LogP) is 12.9. The van der Waals surface area contributed by atoms with Crippen molar-refractivity contribution >= 4 is 39.9 Å². The molecule has 2 atom stereocenters. The average Bonchev–Trinajstić information content (AvgIpc) is 3.89. The minimum Gasteiger partial charge on any atom is -0.494 e. The number of hydrogen-bond acceptors (Lipinski definition) is 10. The van der Waals surface area contributed by atoms with Crippen molar-refractivity contribution in [3.63, 3.8) is 0 Å². The third-order valence-electron chi connectivity index (χ3n) is 10.4. The molecular weight excluding hydrogens is 715 g/mol. The van der Waals surface area contributed by atoms with E-state index in [1.54, 1.807) is 6.92 Å². The number of aromatic nitrogens is 4. The summed E-state index contributed by atoms with van der Waals surface area (Å²) in [5.41, 5.74) is 2.00. The number of unbranched alkanes of at least 4 members (excludes halogenated alkanes) is 17. The van der Waals surface area contributed by atoms with Gasteiger partial charge in [0, 0.05) is 28.9 Å². The molecule has 0 aliphatic heterocycles. The first-order chi connectivity index (χ1) is 26.5. The highest BCUT2D eigenvalue weighted by molar-refractivity contribution is 7.10. The van der Waals surface area contributed by atoms with Crippen molar-refractivity contribution in [1.29, 1.82) is 0 Å². The van der Waals surface area contributed by atoms with E-state index in [0.29, 0.717) is 23.9 Å². The Morgan fingerprint density at radius 3 is 1.78 bits per heavy atom. The van der Waals surface area contributed by atoms with Crippen molar-refractivity contribution in [2.45, 2.75) is 175 Å². The molecule has 0 saturated heterocycles. The fourth-order valence-electron chi connectivity index (χ4n) is 7.30. The third kappa shape index (κ3) is 19.1. The first kappa shape index (κ1) is 45.5. The number of ether oxygens (including phenoxy) is 2. The van der Waals surface area contributed by atoms with Crippen LogP contribution in [0.1, 0.15) is 185 Å². The van der Waals surface area contributed by atoms with Gasteiger partial charge in [0.05, 0.1) is 13.2 Å². The van der Waals surface area contributed by atoms with Gasteiger partial charge < -0.3 is 14.8 Å². The number of rotatable bonds is 33. The van der Waals surface area contributed by atoms with Crippen LogP contribution in [0.25, 0.3) is 11.3 Å². The number of nitrogens with zero attached hydrogens (tertiary/aromatic N) is 4. The molecule has 54 heavy (non-hydrogen) atoms. The Hall–Kier alpha value is -2.92. The van der Waals surface area contributed by atoms with Crippen LogP contribution in [0.15, 0.2) is 29.6 Å². The number of benzene rings is 1. The number of esters is 1. The summed E-state index contributed by atoms with van der Waals surface area (Å²) in [6.45, 7) is 7.17. The first-order valence-corrected chi connectivity index (χ1v) is 23.0. The molecule has 0 fully saturated rings. The number of anilines is 1. The van der Waals surface area contributed by atoms with E-state index in [1.807, 2.05) is 29.6 Å². The maximum atomic E-state index is 13.6. The van der Waals surface area contributed by atoms with Crippen LogP contribution in [0.2, 0.25) is 0 Å². The van der Waals surface area contributed by atoms with E-state index >= 15 is 0 Å². The standard InChI is InChI=1S/C43H69N5O4S2/c1-4-7-9-11-13-14-15-16-17-18-19-21-23-26-37(33-40(49)44-42-41(46-48-54-42)43(50)51-6-3)35(25-22-20-12-10-8-5-2)27-24-32-52-38-30-28-36(29-31-38)39-34-53-47-45-39/h28-31,34-35,37H,4-27,32-33H2,1-3H3,(H,44,49). The van der Waals surface area contributed by atoms with Crippen LogP contribution in [0.5, 0.6) is 5.75 Å². The summed E-state index contributed by atoms with van der Waals surface area (Å²) in [6, 6.07) is 8.07. The highest BCUT2D eigenvalue weighted by atomic mass is 32.1. The number of nitrogens with one attached hydrogen (secondary N) is 1. The summed E-state index contributed by atoms with van der Waals surface area (Å²) in [5.74, 6) is 0.900. The molecular formula is C43H69N5O4S2. The molecule has 2 aromatic heterocycles. The van der Waals surface area contributed by atoms with Gasteiger partial charge in [-0.05, 0) is 73.8 Å². The topological polar surface area (TPSA) is 116 Å². The number of carbonyl (C=O) groups excluding carboxylic acids is 2. The van der Waals surface area contributed by atoms with Gasteiger partial charge in [-0.3, -0.25) is 4.79 Å². The van der Waals surface area contributed by atoms with E-state index in [-0.39, 0.29) is 24.1 Å². The zero-order valence-corrected chi connectivity index (χ0v) is 35.3. The van der Waals surface area contributed by atoms with E-state index in [2.05, 4.69) is 38.3 Å². The molecule has 2 heterocycles. The zero-order valence-electron chi connectivity index (χ0n) is 33.7. The minimum absolute atomic E-state index is 0.0779. The van der Waals surface area contributed by atoms with Gasteiger partial charge in [0.1, 0.15) is 11.4 Å². The van der Waals surface area contributed by atoms with Gasteiger partial charge in [-0.1, -0.05) is 151 Å². The molecule has 1 amide bonds. The summed E-state index contributed by atoms with van der Waals surface area (Å²) in [6.07, 6.45) is 29.3. The van der Waals surface area contributed by atoms with Crippen LogP contribution in [0.4, 0.5) is 5.00 Å². The second-order valence-electron chi connectivity index (χ2n) is 14.8. The van der Waals surface area contributed by atoms with E-state index in [4.69, 9.17) is 9.47 Å². The quantitative estimate of drug-likeness (QED) is 0.0479. The predicted molar refractivity (Wildman–Crippen MR) is 224 cm³/mol. The van der Waals surface area contributed by atoms with Gasteiger partial charge in [-0.2, -0.15) is 0 Å². The molecule has 1 N–H and O–H groups in total. The zero-order chi connectivity index (χ0) is 38.5. The fourth-order valence-corrected chi connectivity index (χ4v) is 8.34. The van der Waals surface area contributed by atoms with Gasteiger partial charge >= 0.3 is 5.97 Å². The molecule has 0 spiro atoms.